The van der Waals surface area contributed by atoms with Crippen LogP contribution in [0.2, 0.25) is 0 Å². The van der Waals surface area contributed by atoms with Crippen molar-refractivity contribution < 1.29 is 0 Å². The normalized spacial score (nSPS) is 11.7. The number of hydrogen-bond donors (Lipinski definition) is 0. The first-order valence-corrected chi connectivity index (χ1v) is 20.4. The Labute approximate surface area is 317 Å². The molecule has 0 bridgehead atoms. The number of hydrogen-bond acceptors (Lipinski definition) is 4. The number of rotatable bonds is 2. The molecule has 0 radical (unpaired) electrons. The monoisotopic (exact) mass is 732 g/mol. The van der Waals surface area contributed by atoms with Gasteiger partial charge in [0, 0.05) is 62.6 Å². The van der Waals surface area contributed by atoms with E-state index in [1.54, 1.807) is 0 Å². The molecule has 244 valence electrons. The van der Waals surface area contributed by atoms with Gasteiger partial charge in [-0.05, 0) is 110 Å². The topological polar surface area (TPSA) is 0 Å². The summed E-state index contributed by atoms with van der Waals surface area (Å²) in [6.07, 6.45) is 4.51. The van der Waals surface area contributed by atoms with Gasteiger partial charge in [-0.2, -0.15) is 0 Å². The van der Waals surface area contributed by atoms with E-state index in [2.05, 4.69) is 171 Å². The van der Waals surface area contributed by atoms with Crippen LogP contribution in [0.25, 0.3) is 71.3 Å². The van der Waals surface area contributed by atoms with Crippen LogP contribution in [0.1, 0.15) is 44.5 Å². The summed E-state index contributed by atoms with van der Waals surface area (Å²) >= 11 is 7.55. The van der Waals surface area contributed by atoms with Gasteiger partial charge in [0.1, 0.15) is 0 Å². The third-order valence-electron chi connectivity index (χ3n) is 9.48. The highest BCUT2D eigenvalue weighted by atomic mass is 32.1. The molecule has 4 heteroatoms. The first-order chi connectivity index (χ1) is 25.5. The second-order valence-corrected chi connectivity index (χ2v) is 17.4. The van der Waals surface area contributed by atoms with E-state index in [9.17, 15) is 0 Å². The zero-order valence-electron chi connectivity index (χ0n) is 28.3. The van der Waals surface area contributed by atoms with E-state index in [1.165, 1.54) is 81.4 Å². The van der Waals surface area contributed by atoms with E-state index in [0.717, 1.165) is 22.3 Å². The lowest BCUT2D eigenvalue weighted by Gasteiger charge is -1.98. The lowest BCUT2D eigenvalue weighted by molar-refractivity contribution is 1.46. The molecule has 4 heterocycles. The summed E-state index contributed by atoms with van der Waals surface area (Å²) in [6, 6.07) is 43.8. The van der Waals surface area contributed by atoms with Crippen LogP contribution in [0.4, 0.5) is 0 Å². The Hall–Kier alpha value is -5.46. The van der Waals surface area contributed by atoms with E-state index in [-0.39, 0.29) is 0 Å². The Balaban J connectivity index is 0.949. The fourth-order valence-corrected chi connectivity index (χ4v) is 11.9. The average Bonchev–Trinajstić information content (AvgIpc) is 3.91. The minimum atomic E-state index is 1.04. The molecule has 0 amide bonds. The number of aryl methyl sites for hydroxylation is 2. The summed E-state index contributed by atoms with van der Waals surface area (Å²) in [4.78, 5) is 0. The molecule has 10 rings (SSSR count). The van der Waals surface area contributed by atoms with E-state index < -0.39 is 0 Å². The first kappa shape index (κ1) is 31.3. The number of thiophene rings is 4. The fraction of sp³-hybridized carbons (Fsp3) is 0.0417. The largest absolute Gasteiger partial charge is 0.134 e. The first-order valence-electron chi connectivity index (χ1n) is 17.1. The molecule has 0 aliphatic rings. The maximum atomic E-state index is 3.39. The van der Waals surface area contributed by atoms with E-state index >= 15 is 0 Å². The van der Waals surface area contributed by atoms with Gasteiger partial charge in [-0.3, -0.25) is 0 Å². The maximum Gasteiger partial charge on any atom is 0.0542 e. The van der Waals surface area contributed by atoms with Crippen molar-refractivity contribution in [3.63, 3.8) is 0 Å². The summed E-state index contributed by atoms with van der Waals surface area (Å²) in [5.74, 6) is 13.4. The standard InChI is InChI=1S/C48H28S4/c1-29-3-7-31(8-4-29)11-13-33-17-21-41-37(25-33)45-47(49-41)39-27-35(19-23-43(39)51-45)15-16-36-20-24-44-40(28-36)48-46(52-44)38-26-34(18-22-42(38)50-48)14-12-32-9-5-30(2)6-10-32/h3-10,15-28H,1-2H3/b16-15+. The summed E-state index contributed by atoms with van der Waals surface area (Å²) in [5.41, 5.74) is 9.12. The van der Waals surface area contributed by atoms with Gasteiger partial charge in [-0.1, -0.05) is 83.4 Å². The van der Waals surface area contributed by atoms with Crippen molar-refractivity contribution in [2.45, 2.75) is 13.8 Å². The van der Waals surface area contributed by atoms with Crippen LogP contribution < -0.4 is 0 Å². The fourth-order valence-electron chi connectivity index (χ4n) is 6.67. The van der Waals surface area contributed by atoms with Crippen molar-refractivity contribution in [1.82, 2.24) is 0 Å². The van der Waals surface area contributed by atoms with Crippen molar-refractivity contribution in [3.05, 3.63) is 166 Å². The number of fused-ring (bicyclic) bond motifs is 10. The quantitative estimate of drug-likeness (QED) is 0.123. The van der Waals surface area contributed by atoms with E-state index in [4.69, 9.17) is 0 Å². The molecular weight excluding hydrogens is 705 g/mol. The van der Waals surface area contributed by atoms with Crippen molar-refractivity contribution in [3.8, 4) is 23.7 Å². The lowest BCUT2D eigenvalue weighted by atomic mass is 10.1. The molecule has 4 aromatic heterocycles. The molecule has 0 aliphatic heterocycles. The van der Waals surface area contributed by atoms with Crippen LogP contribution in [-0.4, -0.2) is 0 Å². The maximum absolute atomic E-state index is 3.39. The molecule has 0 spiro atoms. The van der Waals surface area contributed by atoms with Crippen molar-refractivity contribution in [2.75, 3.05) is 0 Å². The molecule has 6 aromatic carbocycles. The predicted octanol–water partition coefficient (Wildman–Crippen LogP) is 14.4. The third-order valence-corrected chi connectivity index (χ3v) is 14.6. The third kappa shape index (κ3) is 5.72. The molecule has 0 saturated heterocycles. The van der Waals surface area contributed by atoms with Gasteiger partial charge in [0.15, 0.2) is 0 Å². The SMILES string of the molecule is Cc1ccc(C#Cc2ccc3sc4c5cc(/C=C/c6ccc7sc8c9cc(C#Cc%10ccc(C)cc%10)ccc9sc8c7c6)ccc5sc4c3c2)cc1. The molecule has 0 atom stereocenters. The van der Waals surface area contributed by atoms with Crippen LogP contribution in [0, 0.1) is 37.5 Å². The van der Waals surface area contributed by atoms with Crippen LogP contribution in [0.5, 0.6) is 0 Å². The van der Waals surface area contributed by atoms with Gasteiger partial charge in [-0.25, -0.2) is 0 Å². The Kier molecular flexibility index (Phi) is 7.61. The Morgan fingerprint density at radius 1 is 0.346 bits per heavy atom. The van der Waals surface area contributed by atoms with Gasteiger partial charge < -0.3 is 0 Å². The zero-order valence-corrected chi connectivity index (χ0v) is 31.6. The summed E-state index contributed by atoms with van der Waals surface area (Å²) < 4.78 is 10.7. The average molecular weight is 733 g/mol. The predicted molar refractivity (Wildman–Crippen MR) is 233 cm³/mol. The molecule has 0 N–H and O–H groups in total. The van der Waals surface area contributed by atoms with E-state index in [1.807, 2.05) is 45.3 Å². The molecule has 0 nitrogen and oxygen atoms in total. The summed E-state index contributed by atoms with van der Waals surface area (Å²) in [6.45, 7) is 4.21. The minimum Gasteiger partial charge on any atom is -0.134 e. The van der Waals surface area contributed by atoms with Crippen molar-refractivity contribution in [1.29, 1.82) is 0 Å². The van der Waals surface area contributed by atoms with Crippen LogP contribution in [0.3, 0.4) is 0 Å². The van der Waals surface area contributed by atoms with E-state index in [0.29, 0.717) is 0 Å². The molecular formula is C48H28S4. The second-order valence-electron chi connectivity index (χ2n) is 13.2. The van der Waals surface area contributed by atoms with Crippen molar-refractivity contribution >= 4 is 117 Å². The highest BCUT2D eigenvalue weighted by Gasteiger charge is 2.14. The van der Waals surface area contributed by atoms with Crippen molar-refractivity contribution in [2.24, 2.45) is 0 Å². The molecule has 0 unspecified atom stereocenters. The smallest absolute Gasteiger partial charge is 0.0542 e. The molecule has 10 aromatic rings. The Morgan fingerprint density at radius 2 is 0.654 bits per heavy atom. The van der Waals surface area contributed by atoms with Gasteiger partial charge in [0.2, 0.25) is 0 Å². The minimum absolute atomic E-state index is 1.04. The van der Waals surface area contributed by atoms with Gasteiger partial charge in [0.05, 0.1) is 18.8 Å². The van der Waals surface area contributed by atoms with Gasteiger partial charge in [-0.15, -0.1) is 45.3 Å². The molecule has 52 heavy (non-hydrogen) atoms. The zero-order chi connectivity index (χ0) is 34.8. The van der Waals surface area contributed by atoms with Gasteiger partial charge in [0.25, 0.3) is 0 Å². The molecule has 0 aliphatic carbocycles. The highest BCUT2D eigenvalue weighted by Crippen LogP contribution is 2.46. The van der Waals surface area contributed by atoms with Crippen LogP contribution in [0.15, 0.2) is 121 Å². The second kappa shape index (κ2) is 12.6. The van der Waals surface area contributed by atoms with Crippen LogP contribution in [-0.2, 0) is 0 Å². The highest BCUT2D eigenvalue weighted by molar-refractivity contribution is 7.37. The lowest BCUT2D eigenvalue weighted by Crippen LogP contribution is -1.77. The van der Waals surface area contributed by atoms with Gasteiger partial charge >= 0.3 is 0 Å². The summed E-state index contributed by atoms with van der Waals surface area (Å²) in [5, 5.41) is 5.27. The Morgan fingerprint density at radius 3 is 1.04 bits per heavy atom. The Bertz CT molecular complexity index is 2970. The molecule has 0 saturated carbocycles. The number of benzene rings is 6. The molecule has 0 fully saturated rings. The van der Waals surface area contributed by atoms with Crippen LogP contribution >= 0.6 is 45.3 Å². The summed E-state index contributed by atoms with van der Waals surface area (Å²) in [7, 11) is 0.